The van der Waals surface area contributed by atoms with Gasteiger partial charge in [-0.2, -0.15) is 0 Å². The number of aryl methyl sites for hydroxylation is 1. The highest BCUT2D eigenvalue weighted by molar-refractivity contribution is 5.43. The van der Waals surface area contributed by atoms with Gasteiger partial charge in [-0.3, -0.25) is 4.98 Å². The Morgan fingerprint density at radius 3 is 2.65 bits per heavy atom. The Morgan fingerprint density at radius 1 is 1.15 bits per heavy atom. The van der Waals surface area contributed by atoms with E-state index in [1.165, 1.54) is 11.1 Å². The van der Waals surface area contributed by atoms with E-state index < -0.39 is 0 Å². The van der Waals surface area contributed by atoms with Gasteiger partial charge in [0.25, 0.3) is 0 Å². The van der Waals surface area contributed by atoms with Crippen LogP contribution < -0.4 is 10.1 Å². The molecule has 2 aromatic rings. The van der Waals surface area contributed by atoms with E-state index in [-0.39, 0.29) is 6.04 Å². The second-order valence-corrected chi connectivity index (χ2v) is 4.62. The number of nitrogens with one attached hydrogen (secondary N) is 1. The van der Waals surface area contributed by atoms with E-state index in [1.54, 1.807) is 0 Å². The fraction of sp³-hybridized carbons (Fsp3) is 0.353. The van der Waals surface area contributed by atoms with Gasteiger partial charge in [0.2, 0.25) is 0 Å². The van der Waals surface area contributed by atoms with Gasteiger partial charge >= 0.3 is 0 Å². The van der Waals surface area contributed by atoms with E-state index in [9.17, 15) is 0 Å². The van der Waals surface area contributed by atoms with Gasteiger partial charge < -0.3 is 10.1 Å². The summed E-state index contributed by atoms with van der Waals surface area (Å²) in [5.74, 6) is 0.938. The van der Waals surface area contributed by atoms with Gasteiger partial charge in [0.1, 0.15) is 5.75 Å². The summed E-state index contributed by atoms with van der Waals surface area (Å²) in [6.07, 6.45) is 4.77. The topological polar surface area (TPSA) is 34.1 Å². The maximum Gasteiger partial charge on any atom is 0.124 e. The predicted molar refractivity (Wildman–Crippen MR) is 82.1 cm³/mol. The predicted octanol–water partition coefficient (Wildman–Crippen LogP) is 3.35. The molecule has 1 aromatic carbocycles. The Morgan fingerprint density at radius 2 is 1.95 bits per heavy atom. The van der Waals surface area contributed by atoms with Gasteiger partial charge in [-0.25, -0.2) is 0 Å². The molecule has 0 saturated heterocycles. The molecule has 0 aliphatic rings. The molecule has 0 radical (unpaired) electrons. The lowest BCUT2D eigenvalue weighted by Gasteiger charge is -2.22. The summed E-state index contributed by atoms with van der Waals surface area (Å²) in [6.45, 7) is 4.83. The highest BCUT2D eigenvalue weighted by atomic mass is 16.5. The van der Waals surface area contributed by atoms with Crippen molar-refractivity contribution in [3.8, 4) is 5.75 Å². The van der Waals surface area contributed by atoms with Crippen molar-refractivity contribution in [3.05, 3.63) is 59.4 Å². The van der Waals surface area contributed by atoms with Gasteiger partial charge in [0.05, 0.1) is 12.6 Å². The van der Waals surface area contributed by atoms with Gasteiger partial charge in [0.15, 0.2) is 0 Å². The Labute approximate surface area is 121 Å². The number of rotatable bonds is 6. The number of hydrogen-bond donors (Lipinski definition) is 1. The molecule has 3 heteroatoms. The SMILES string of the molecule is CCOc1ccccc1C(NC)c1ccncc1CC. The zero-order valence-electron chi connectivity index (χ0n) is 12.4. The van der Waals surface area contributed by atoms with Gasteiger partial charge in [-0.15, -0.1) is 0 Å². The van der Waals surface area contributed by atoms with Crippen LogP contribution in [0.3, 0.4) is 0 Å². The molecule has 2 rings (SSSR count). The fourth-order valence-electron chi connectivity index (χ4n) is 2.50. The molecule has 0 saturated carbocycles. The minimum absolute atomic E-state index is 0.121. The van der Waals surface area contributed by atoms with Crippen LogP contribution in [0.15, 0.2) is 42.7 Å². The van der Waals surface area contributed by atoms with E-state index in [0.717, 1.165) is 17.7 Å². The zero-order chi connectivity index (χ0) is 14.4. The van der Waals surface area contributed by atoms with Crippen LogP contribution in [0.4, 0.5) is 0 Å². The molecular formula is C17H22N2O. The number of pyridine rings is 1. The lowest BCUT2D eigenvalue weighted by molar-refractivity contribution is 0.334. The first-order valence-corrected chi connectivity index (χ1v) is 7.13. The van der Waals surface area contributed by atoms with Crippen molar-refractivity contribution in [1.29, 1.82) is 0 Å². The van der Waals surface area contributed by atoms with Crippen LogP contribution in [0.5, 0.6) is 5.75 Å². The summed E-state index contributed by atoms with van der Waals surface area (Å²) in [5.41, 5.74) is 3.69. The molecule has 0 fully saturated rings. The van der Waals surface area contributed by atoms with E-state index in [4.69, 9.17) is 4.74 Å². The van der Waals surface area contributed by atoms with Crippen LogP contribution in [0.1, 0.15) is 36.6 Å². The number of aromatic nitrogens is 1. The van der Waals surface area contributed by atoms with E-state index in [1.807, 2.05) is 38.5 Å². The van der Waals surface area contributed by atoms with Crippen LogP contribution in [-0.4, -0.2) is 18.6 Å². The fourth-order valence-corrected chi connectivity index (χ4v) is 2.50. The minimum atomic E-state index is 0.121. The van der Waals surface area contributed by atoms with Gasteiger partial charge in [-0.1, -0.05) is 25.1 Å². The zero-order valence-corrected chi connectivity index (χ0v) is 12.4. The summed E-state index contributed by atoms with van der Waals surface area (Å²) < 4.78 is 5.76. The van der Waals surface area contributed by atoms with Crippen molar-refractivity contribution < 1.29 is 4.74 Å². The van der Waals surface area contributed by atoms with Crippen molar-refractivity contribution in [1.82, 2.24) is 10.3 Å². The Balaban J connectivity index is 2.47. The first kappa shape index (κ1) is 14.5. The molecular weight excluding hydrogens is 248 g/mol. The lowest BCUT2D eigenvalue weighted by atomic mass is 9.94. The minimum Gasteiger partial charge on any atom is -0.494 e. The molecule has 3 nitrogen and oxygen atoms in total. The lowest BCUT2D eigenvalue weighted by Crippen LogP contribution is -2.20. The molecule has 0 aliphatic heterocycles. The second kappa shape index (κ2) is 7.06. The van der Waals surface area contributed by atoms with Gasteiger partial charge in [0, 0.05) is 18.0 Å². The largest absolute Gasteiger partial charge is 0.494 e. The molecule has 1 N–H and O–H groups in total. The third kappa shape index (κ3) is 2.99. The van der Waals surface area contributed by atoms with Crippen molar-refractivity contribution in [2.75, 3.05) is 13.7 Å². The van der Waals surface area contributed by atoms with Crippen LogP contribution in [0.2, 0.25) is 0 Å². The highest BCUT2D eigenvalue weighted by Gasteiger charge is 2.18. The van der Waals surface area contributed by atoms with Crippen LogP contribution in [0, 0.1) is 0 Å². The van der Waals surface area contributed by atoms with Gasteiger partial charge in [-0.05, 0) is 43.7 Å². The van der Waals surface area contributed by atoms with Crippen molar-refractivity contribution in [2.45, 2.75) is 26.3 Å². The highest BCUT2D eigenvalue weighted by Crippen LogP contribution is 2.31. The number of nitrogens with zero attached hydrogens (tertiary/aromatic N) is 1. The average Bonchev–Trinajstić information content (AvgIpc) is 2.50. The third-order valence-electron chi connectivity index (χ3n) is 3.45. The number of benzene rings is 1. The maximum absolute atomic E-state index is 5.76. The number of hydrogen-bond acceptors (Lipinski definition) is 3. The first-order valence-electron chi connectivity index (χ1n) is 7.13. The number of ether oxygens (including phenoxy) is 1. The molecule has 106 valence electrons. The van der Waals surface area contributed by atoms with Crippen molar-refractivity contribution in [3.63, 3.8) is 0 Å². The molecule has 0 bridgehead atoms. The Bertz CT molecular complexity index is 554. The third-order valence-corrected chi connectivity index (χ3v) is 3.45. The normalized spacial score (nSPS) is 12.2. The van der Waals surface area contributed by atoms with Crippen molar-refractivity contribution in [2.24, 2.45) is 0 Å². The summed E-state index contributed by atoms with van der Waals surface area (Å²) in [4.78, 5) is 4.23. The molecule has 20 heavy (non-hydrogen) atoms. The van der Waals surface area contributed by atoms with E-state index in [0.29, 0.717) is 6.61 Å². The standard InChI is InChI=1S/C17H22N2O/c1-4-13-12-19-11-10-14(13)17(18-3)15-8-6-7-9-16(15)20-5-2/h6-12,17-18H,4-5H2,1-3H3. The Kier molecular flexibility index (Phi) is 5.13. The molecule has 1 heterocycles. The molecule has 1 atom stereocenters. The Hall–Kier alpha value is -1.87. The second-order valence-electron chi connectivity index (χ2n) is 4.62. The molecule has 0 amide bonds. The quantitative estimate of drug-likeness (QED) is 0.874. The first-order chi connectivity index (χ1) is 9.81. The summed E-state index contributed by atoms with van der Waals surface area (Å²) in [7, 11) is 1.98. The smallest absolute Gasteiger partial charge is 0.124 e. The summed E-state index contributed by atoms with van der Waals surface area (Å²) in [5, 5.41) is 3.40. The summed E-state index contributed by atoms with van der Waals surface area (Å²) in [6, 6.07) is 10.4. The maximum atomic E-state index is 5.76. The molecule has 1 unspecified atom stereocenters. The average molecular weight is 270 g/mol. The number of para-hydroxylation sites is 1. The monoisotopic (exact) mass is 270 g/mol. The van der Waals surface area contributed by atoms with Crippen LogP contribution in [-0.2, 0) is 6.42 Å². The van der Waals surface area contributed by atoms with Crippen LogP contribution in [0.25, 0.3) is 0 Å². The summed E-state index contributed by atoms with van der Waals surface area (Å²) >= 11 is 0. The van der Waals surface area contributed by atoms with Crippen molar-refractivity contribution >= 4 is 0 Å². The molecule has 0 spiro atoms. The molecule has 1 aromatic heterocycles. The van der Waals surface area contributed by atoms with Crippen LogP contribution >= 0.6 is 0 Å². The molecule has 0 aliphatic carbocycles. The van der Waals surface area contributed by atoms with E-state index >= 15 is 0 Å². The van der Waals surface area contributed by atoms with E-state index in [2.05, 4.69) is 35.4 Å².